The summed E-state index contributed by atoms with van der Waals surface area (Å²) in [7, 11) is 2.73. The normalized spacial score (nSPS) is 12.9. The summed E-state index contributed by atoms with van der Waals surface area (Å²) in [6, 6.07) is -0.539. The Kier molecular flexibility index (Phi) is 5.33. The molecule has 0 aliphatic heterocycles. The van der Waals surface area contributed by atoms with E-state index in [0.29, 0.717) is 0 Å². The standard InChI is InChI=1S/C6H9Cl3N2O3/c1-10-5(13)11(2)4(14-3-12)6(7,8)9/h3-4H,1-2H3,(H,10,13). The number of carbonyl (C=O) groups excluding carboxylic acids is 2. The lowest BCUT2D eigenvalue weighted by molar-refractivity contribution is -0.139. The summed E-state index contributed by atoms with van der Waals surface area (Å²) in [4.78, 5) is 22.2. The second kappa shape index (κ2) is 5.48. The van der Waals surface area contributed by atoms with Crippen LogP contribution in [0.4, 0.5) is 4.79 Å². The van der Waals surface area contributed by atoms with Crippen molar-refractivity contribution in [1.82, 2.24) is 10.2 Å². The van der Waals surface area contributed by atoms with E-state index in [1.54, 1.807) is 0 Å². The Morgan fingerprint density at radius 1 is 1.57 bits per heavy atom. The maximum atomic E-state index is 11.1. The number of alkyl halides is 3. The molecule has 0 radical (unpaired) electrons. The molecule has 1 N–H and O–H groups in total. The Hall–Kier alpha value is -0.390. The zero-order chi connectivity index (χ0) is 11.4. The Morgan fingerprint density at radius 3 is 2.36 bits per heavy atom. The van der Waals surface area contributed by atoms with Crippen molar-refractivity contribution in [3.8, 4) is 0 Å². The number of carbonyl (C=O) groups is 2. The van der Waals surface area contributed by atoms with Gasteiger partial charge in [-0.05, 0) is 0 Å². The fourth-order valence-electron chi connectivity index (χ4n) is 0.723. The van der Waals surface area contributed by atoms with Gasteiger partial charge >= 0.3 is 6.03 Å². The molecule has 0 aliphatic rings. The first kappa shape index (κ1) is 13.6. The molecule has 0 aromatic rings. The molecule has 1 unspecified atom stereocenters. The smallest absolute Gasteiger partial charge is 0.319 e. The SMILES string of the molecule is CNC(=O)N(C)C(OC=O)C(Cl)(Cl)Cl. The first-order valence-electron chi connectivity index (χ1n) is 3.45. The fraction of sp³-hybridized carbons (Fsp3) is 0.667. The van der Waals surface area contributed by atoms with Crippen LogP contribution >= 0.6 is 34.8 Å². The van der Waals surface area contributed by atoms with Gasteiger partial charge in [-0.3, -0.25) is 9.69 Å². The van der Waals surface area contributed by atoms with Gasteiger partial charge in [0.05, 0.1) is 0 Å². The van der Waals surface area contributed by atoms with Gasteiger partial charge in [-0.2, -0.15) is 0 Å². The number of urea groups is 1. The molecule has 0 aromatic carbocycles. The van der Waals surface area contributed by atoms with E-state index in [4.69, 9.17) is 34.8 Å². The topological polar surface area (TPSA) is 58.6 Å². The molecule has 14 heavy (non-hydrogen) atoms. The van der Waals surface area contributed by atoms with E-state index >= 15 is 0 Å². The Morgan fingerprint density at radius 2 is 2.07 bits per heavy atom. The highest BCUT2D eigenvalue weighted by Gasteiger charge is 2.39. The molecule has 0 spiro atoms. The molecule has 0 rings (SSSR count). The summed E-state index contributed by atoms with van der Waals surface area (Å²) in [6.07, 6.45) is -1.27. The molecule has 2 amide bonds. The van der Waals surface area contributed by atoms with Gasteiger partial charge in [0, 0.05) is 14.1 Å². The van der Waals surface area contributed by atoms with Crippen molar-refractivity contribution in [2.24, 2.45) is 0 Å². The van der Waals surface area contributed by atoms with Gasteiger partial charge < -0.3 is 10.1 Å². The summed E-state index contributed by atoms with van der Waals surface area (Å²) in [5.41, 5.74) is 0. The minimum Gasteiger partial charge on any atom is -0.439 e. The fourth-order valence-corrected chi connectivity index (χ4v) is 1.32. The van der Waals surface area contributed by atoms with Crippen LogP contribution in [0, 0.1) is 0 Å². The average Bonchev–Trinajstić information content (AvgIpc) is 2.09. The van der Waals surface area contributed by atoms with Crippen molar-refractivity contribution in [2.45, 2.75) is 10.0 Å². The van der Waals surface area contributed by atoms with Crippen LogP contribution in [0.5, 0.6) is 0 Å². The zero-order valence-electron chi connectivity index (χ0n) is 7.46. The number of ether oxygens (including phenoxy) is 1. The number of hydrogen-bond acceptors (Lipinski definition) is 3. The van der Waals surface area contributed by atoms with Crippen LogP contribution < -0.4 is 5.32 Å². The molecular formula is C6H9Cl3N2O3. The number of nitrogens with zero attached hydrogens (tertiary/aromatic N) is 1. The third-order valence-corrected chi connectivity index (χ3v) is 1.91. The van der Waals surface area contributed by atoms with Crippen LogP contribution in [0.25, 0.3) is 0 Å². The number of rotatable bonds is 3. The predicted molar refractivity (Wildman–Crippen MR) is 53.4 cm³/mol. The summed E-state index contributed by atoms with van der Waals surface area (Å²) in [6.45, 7) is 0.103. The average molecular weight is 264 g/mol. The van der Waals surface area contributed by atoms with Gasteiger partial charge in [-0.1, -0.05) is 34.8 Å². The van der Waals surface area contributed by atoms with Crippen molar-refractivity contribution in [3.05, 3.63) is 0 Å². The summed E-state index contributed by atoms with van der Waals surface area (Å²) in [5.74, 6) is 0. The van der Waals surface area contributed by atoms with E-state index in [1.165, 1.54) is 14.1 Å². The highest BCUT2D eigenvalue weighted by molar-refractivity contribution is 6.68. The highest BCUT2D eigenvalue weighted by Crippen LogP contribution is 2.33. The summed E-state index contributed by atoms with van der Waals surface area (Å²) in [5, 5.41) is 2.29. The minimum atomic E-state index is -1.90. The molecular weight excluding hydrogens is 254 g/mol. The van der Waals surface area contributed by atoms with Gasteiger partial charge in [0.2, 0.25) is 10.0 Å². The largest absolute Gasteiger partial charge is 0.439 e. The van der Waals surface area contributed by atoms with Crippen LogP contribution in [0.2, 0.25) is 0 Å². The Bertz CT molecular complexity index is 219. The van der Waals surface area contributed by atoms with Crippen molar-refractivity contribution in [3.63, 3.8) is 0 Å². The number of nitrogens with one attached hydrogen (secondary N) is 1. The van der Waals surface area contributed by atoms with Crippen LogP contribution in [-0.4, -0.2) is 41.5 Å². The summed E-state index contributed by atoms with van der Waals surface area (Å²) < 4.78 is 2.58. The Labute approximate surface area is 96.2 Å². The van der Waals surface area contributed by atoms with Gasteiger partial charge in [0.15, 0.2) is 0 Å². The maximum Gasteiger partial charge on any atom is 0.319 e. The Balaban J connectivity index is 4.65. The number of hydrogen-bond donors (Lipinski definition) is 1. The van der Waals surface area contributed by atoms with Crippen LogP contribution in [0.1, 0.15) is 0 Å². The first-order valence-corrected chi connectivity index (χ1v) is 4.58. The van der Waals surface area contributed by atoms with Crippen LogP contribution in [-0.2, 0) is 9.53 Å². The first-order chi connectivity index (χ1) is 6.34. The van der Waals surface area contributed by atoms with Gasteiger partial charge in [0.25, 0.3) is 6.47 Å². The number of halogens is 3. The molecule has 1 atom stereocenters. The quantitative estimate of drug-likeness (QED) is 0.472. The van der Waals surface area contributed by atoms with Crippen molar-refractivity contribution in [1.29, 1.82) is 0 Å². The molecule has 5 nitrogen and oxygen atoms in total. The van der Waals surface area contributed by atoms with Crippen molar-refractivity contribution in [2.75, 3.05) is 14.1 Å². The molecule has 82 valence electrons. The van der Waals surface area contributed by atoms with Crippen LogP contribution in [0.3, 0.4) is 0 Å². The molecule has 0 fully saturated rings. The second-order valence-corrected chi connectivity index (χ2v) is 4.66. The van der Waals surface area contributed by atoms with E-state index in [2.05, 4.69) is 10.1 Å². The second-order valence-electron chi connectivity index (χ2n) is 2.29. The molecule has 0 saturated heterocycles. The number of amides is 2. The van der Waals surface area contributed by atoms with E-state index < -0.39 is 16.1 Å². The van der Waals surface area contributed by atoms with Gasteiger partial charge in [0.1, 0.15) is 0 Å². The maximum absolute atomic E-state index is 11.1. The summed E-state index contributed by atoms with van der Waals surface area (Å²) >= 11 is 16.5. The van der Waals surface area contributed by atoms with Crippen molar-refractivity contribution < 1.29 is 14.3 Å². The lowest BCUT2D eigenvalue weighted by Gasteiger charge is -2.30. The van der Waals surface area contributed by atoms with E-state index in [1.807, 2.05) is 0 Å². The zero-order valence-corrected chi connectivity index (χ0v) is 9.73. The third kappa shape index (κ3) is 3.77. The van der Waals surface area contributed by atoms with E-state index in [-0.39, 0.29) is 6.47 Å². The molecule has 0 heterocycles. The molecule has 8 heteroatoms. The van der Waals surface area contributed by atoms with Gasteiger partial charge in [-0.15, -0.1) is 0 Å². The van der Waals surface area contributed by atoms with Crippen molar-refractivity contribution >= 4 is 47.3 Å². The molecule has 0 aromatic heterocycles. The lowest BCUT2D eigenvalue weighted by Crippen LogP contribution is -2.49. The predicted octanol–water partition coefficient (Wildman–Crippen LogP) is 1.13. The molecule has 0 bridgehead atoms. The molecule has 0 aliphatic carbocycles. The minimum absolute atomic E-state index is 0.103. The highest BCUT2D eigenvalue weighted by atomic mass is 35.6. The lowest BCUT2D eigenvalue weighted by atomic mass is 10.5. The monoisotopic (exact) mass is 262 g/mol. The van der Waals surface area contributed by atoms with Gasteiger partial charge in [-0.25, -0.2) is 4.79 Å². The van der Waals surface area contributed by atoms with E-state index in [9.17, 15) is 9.59 Å². The van der Waals surface area contributed by atoms with E-state index in [0.717, 1.165) is 4.90 Å². The third-order valence-electron chi connectivity index (χ3n) is 1.35. The van der Waals surface area contributed by atoms with Crippen LogP contribution in [0.15, 0.2) is 0 Å². The molecule has 0 saturated carbocycles.